The van der Waals surface area contributed by atoms with Crippen LogP contribution in [0.3, 0.4) is 0 Å². The number of benzene rings is 2. The lowest BCUT2D eigenvalue weighted by Crippen LogP contribution is -2.54. The molecule has 7 nitrogen and oxygen atoms in total. The molecule has 0 bridgehead atoms. The highest BCUT2D eigenvalue weighted by Crippen LogP contribution is 2.37. The fourth-order valence-electron chi connectivity index (χ4n) is 2.91. The summed E-state index contributed by atoms with van der Waals surface area (Å²) >= 11 is 15.8. The Morgan fingerprint density at radius 3 is 2.45 bits per heavy atom. The van der Waals surface area contributed by atoms with Crippen molar-refractivity contribution in [3.63, 3.8) is 0 Å². The van der Waals surface area contributed by atoms with E-state index < -0.39 is 17.8 Å². The van der Waals surface area contributed by atoms with Gasteiger partial charge in [0, 0.05) is 9.92 Å². The molecule has 0 radical (unpaired) electrons. The smallest absolute Gasteiger partial charge is 0.335 e. The van der Waals surface area contributed by atoms with E-state index in [2.05, 4.69) is 21.2 Å². The number of carbonyl (C=O) groups is 3. The highest BCUT2D eigenvalue weighted by atomic mass is 79.9. The normalized spacial score (nSPS) is 15.2. The van der Waals surface area contributed by atoms with Crippen LogP contribution in [0.1, 0.15) is 16.1 Å². The van der Waals surface area contributed by atoms with Crippen LogP contribution in [0.5, 0.6) is 0 Å². The molecule has 2 N–H and O–H groups in total. The summed E-state index contributed by atoms with van der Waals surface area (Å²) in [4.78, 5) is 38.7. The van der Waals surface area contributed by atoms with Crippen molar-refractivity contribution in [2.24, 2.45) is 0 Å². The summed E-state index contributed by atoms with van der Waals surface area (Å²) in [5, 5.41) is 12.6. The molecule has 1 fully saturated rings. The highest BCUT2D eigenvalue weighted by Gasteiger charge is 2.35. The number of carboxylic acids is 1. The first-order valence-corrected chi connectivity index (χ1v) is 11.6. The molecule has 0 unspecified atom stereocenters. The molecule has 1 aromatic heterocycles. The predicted octanol–water partition coefficient (Wildman–Crippen LogP) is 5.38. The first kappa shape index (κ1) is 23.2. The van der Waals surface area contributed by atoms with Gasteiger partial charge in [-0.05, 0) is 88.8 Å². The number of rotatable bonds is 5. The topological polar surface area (TPSA) is 99.9 Å². The van der Waals surface area contributed by atoms with Gasteiger partial charge >= 0.3 is 5.97 Å². The molecule has 0 spiro atoms. The van der Waals surface area contributed by atoms with Crippen LogP contribution in [0.15, 0.2) is 79.0 Å². The third kappa shape index (κ3) is 5.03. The molecule has 11 heteroatoms. The predicted molar refractivity (Wildman–Crippen MR) is 132 cm³/mol. The number of nitrogens with one attached hydrogen (secondary N) is 1. The third-order valence-electron chi connectivity index (χ3n) is 4.46. The lowest BCUT2D eigenvalue weighted by Gasteiger charge is -2.28. The van der Waals surface area contributed by atoms with Crippen LogP contribution in [0.2, 0.25) is 5.02 Å². The number of carbonyl (C=O) groups excluding carboxylic acids is 2. The van der Waals surface area contributed by atoms with Gasteiger partial charge in [0.05, 0.1) is 15.7 Å². The van der Waals surface area contributed by atoms with Crippen LogP contribution < -0.4 is 10.2 Å². The van der Waals surface area contributed by atoms with Crippen molar-refractivity contribution in [2.75, 3.05) is 4.90 Å². The van der Waals surface area contributed by atoms with E-state index >= 15 is 0 Å². The molecule has 2 aromatic carbocycles. The van der Waals surface area contributed by atoms with Crippen molar-refractivity contribution in [1.29, 1.82) is 0 Å². The quantitative estimate of drug-likeness (QED) is 0.244. The summed E-state index contributed by atoms with van der Waals surface area (Å²) in [6.45, 7) is 0. The molecule has 2 amide bonds. The molecule has 1 aliphatic heterocycles. The Morgan fingerprint density at radius 2 is 1.82 bits per heavy atom. The van der Waals surface area contributed by atoms with Crippen LogP contribution in [-0.4, -0.2) is 28.0 Å². The Morgan fingerprint density at radius 1 is 1.15 bits per heavy atom. The van der Waals surface area contributed by atoms with Gasteiger partial charge in [0.1, 0.15) is 11.3 Å². The fraction of sp³-hybridized carbons (Fsp3) is 0. The van der Waals surface area contributed by atoms with Crippen LogP contribution in [0, 0.1) is 0 Å². The Balaban J connectivity index is 1.62. The Hall–Kier alpha value is -2.92. The molecule has 1 saturated heterocycles. The zero-order chi connectivity index (χ0) is 23.7. The zero-order valence-electron chi connectivity index (χ0n) is 16.4. The van der Waals surface area contributed by atoms with Gasteiger partial charge in [-0.15, -0.1) is 0 Å². The maximum absolute atomic E-state index is 13.1. The second-order valence-electron chi connectivity index (χ2n) is 6.65. The molecule has 3 aromatic rings. The SMILES string of the molecule is O=C1NC(=S)N(c2ccc(C(=O)O)cc2)C(=O)/C1=C/c1cc(Br)c(Sc2ccc(Cl)cc2)o1. The van der Waals surface area contributed by atoms with E-state index in [0.29, 0.717) is 20.3 Å². The summed E-state index contributed by atoms with van der Waals surface area (Å²) in [6.07, 6.45) is 1.33. The number of amides is 2. The van der Waals surface area contributed by atoms with Gasteiger partial charge in [-0.2, -0.15) is 0 Å². The number of hydrogen-bond donors (Lipinski definition) is 2. The average molecular weight is 564 g/mol. The second kappa shape index (κ2) is 9.52. The lowest BCUT2D eigenvalue weighted by atomic mass is 10.1. The largest absolute Gasteiger partial charge is 0.478 e. The number of hydrogen-bond acceptors (Lipinski definition) is 6. The molecule has 33 heavy (non-hydrogen) atoms. The molecule has 166 valence electrons. The number of aromatic carboxylic acids is 1. The number of nitrogens with zero attached hydrogens (tertiary/aromatic N) is 1. The molecule has 1 aliphatic rings. The molecule has 0 aliphatic carbocycles. The zero-order valence-corrected chi connectivity index (χ0v) is 20.3. The number of halogens is 2. The maximum Gasteiger partial charge on any atom is 0.335 e. The van der Waals surface area contributed by atoms with Gasteiger partial charge in [0.2, 0.25) is 0 Å². The van der Waals surface area contributed by atoms with E-state index in [-0.39, 0.29) is 22.0 Å². The number of anilines is 1. The minimum atomic E-state index is -1.10. The van der Waals surface area contributed by atoms with Crippen molar-refractivity contribution in [3.05, 3.63) is 81.0 Å². The Bertz CT molecular complexity index is 1320. The van der Waals surface area contributed by atoms with Crippen molar-refractivity contribution < 1.29 is 23.9 Å². The second-order valence-corrected chi connectivity index (χ2v) is 9.37. The first-order valence-electron chi connectivity index (χ1n) is 9.20. The summed E-state index contributed by atoms with van der Waals surface area (Å²) in [5.41, 5.74) is 0.191. The summed E-state index contributed by atoms with van der Waals surface area (Å²) in [5.74, 6) is -2.14. The number of thiocarbonyl (C=S) groups is 1. The van der Waals surface area contributed by atoms with Gasteiger partial charge in [-0.3, -0.25) is 19.8 Å². The Kier molecular flexibility index (Phi) is 6.71. The lowest BCUT2D eigenvalue weighted by molar-refractivity contribution is -0.122. The van der Waals surface area contributed by atoms with Gasteiger partial charge in [-0.25, -0.2) is 4.79 Å². The van der Waals surface area contributed by atoms with E-state index in [0.717, 1.165) is 9.80 Å². The minimum Gasteiger partial charge on any atom is -0.478 e. The average Bonchev–Trinajstić information content (AvgIpc) is 3.11. The molecular weight excluding hydrogens is 552 g/mol. The highest BCUT2D eigenvalue weighted by molar-refractivity contribution is 9.10. The van der Waals surface area contributed by atoms with Gasteiger partial charge in [-0.1, -0.05) is 23.4 Å². The molecule has 4 rings (SSSR count). The van der Waals surface area contributed by atoms with Crippen molar-refractivity contribution >= 4 is 86.2 Å². The van der Waals surface area contributed by atoms with E-state index in [4.69, 9.17) is 33.3 Å². The van der Waals surface area contributed by atoms with Gasteiger partial charge in [0.25, 0.3) is 11.8 Å². The van der Waals surface area contributed by atoms with E-state index in [1.807, 2.05) is 12.1 Å². The van der Waals surface area contributed by atoms with Crippen molar-refractivity contribution in [3.8, 4) is 0 Å². The molecule has 2 heterocycles. The monoisotopic (exact) mass is 562 g/mol. The Labute approximate surface area is 210 Å². The molecular formula is C22H12BrClN2O5S2. The van der Waals surface area contributed by atoms with Gasteiger partial charge < -0.3 is 9.52 Å². The summed E-state index contributed by atoms with van der Waals surface area (Å²) in [6, 6.07) is 14.4. The molecule has 0 atom stereocenters. The fourth-order valence-corrected chi connectivity index (χ4v) is 4.64. The van der Waals surface area contributed by atoms with Crippen molar-refractivity contribution in [1.82, 2.24) is 5.32 Å². The minimum absolute atomic E-state index is 0.0556. The van der Waals surface area contributed by atoms with Crippen LogP contribution in [-0.2, 0) is 9.59 Å². The molecule has 0 saturated carbocycles. The van der Waals surface area contributed by atoms with Crippen molar-refractivity contribution in [2.45, 2.75) is 9.99 Å². The summed E-state index contributed by atoms with van der Waals surface area (Å²) < 4.78 is 6.46. The van der Waals surface area contributed by atoms with Gasteiger partial charge in [0.15, 0.2) is 10.2 Å². The summed E-state index contributed by atoms with van der Waals surface area (Å²) in [7, 11) is 0. The standard InChI is InChI=1S/C22H12BrClN2O5S2/c23-17-10-14(31-21(17)33-15-7-3-12(24)4-8-15)9-16-18(27)25-22(32)26(19(16)28)13-5-1-11(2-6-13)20(29)30/h1-10H,(H,29,30)(H,25,27,32)/b16-9+. The van der Waals surface area contributed by atoms with E-state index in [1.54, 1.807) is 18.2 Å². The first-order chi connectivity index (χ1) is 15.7. The van der Waals surface area contributed by atoms with Crippen LogP contribution >= 0.6 is 51.5 Å². The van der Waals surface area contributed by atoms with Crippen LogP contribution in [0.4, 0.5) is 5.69 Å². The maximum atomic E-state index is 13.1. The number of carboxylic acid groups (broad SMARTS) is 1. The van der Waals surface area contributed by atoms with E-state index in [1.165, 1.54) is 42.1 Å². The third-order valence-corrected chi connectivity index (χ3v) is 6.84. The van der Waals surface area contributed by atoms with E-state index in [9.17, 15) is 14.4 Å². The van der Waals surface area contributed by atoms with Crippen LogP contribution in [0.25, 0.3) is 6.08 Å². The number of furan rings is 1.